The monoisotopic (exact) mass is 323 g/mol. The van der Waals surface area contributed by atoms with Gasteiger partial charge >= 0.3 is 0 Å². The minimum absolute atomic E-state index is 0.102. The fraction of sp³-hybridized carbons (Fsp3) is 0.467. The molecule has 0 N–H and O–H groups in total. The number of sulfone groups is 1. The topological polar surface area (TPSA) is 76.3 Å². The van der Waals surface area contributed by atoms with E-state index in [0.717, 1.165) is 12.0 Å². The van der Waals surface area contributed by atoms with Crippen LogP contribution >= 0.6 is 0 Å². The van der Waals surface area contributed by atoms with E-state index in [0.29, 0.717) is 23.2 Å². The molecule has 120 valence electrons. The highest BCUT2D eigenvalue weighted by Gasteiger charge is 2.16. The van der Waals surface area contributed by atoms with Gasteiger partial charge < -0.3 is 4.42 Å². The van der Waals surface area contributed by atoms with Gasteiger partial charge in [0.15, 0.2) is 9.84 Å². The summed E-state index contributed by atoms with van der Waals surface area (Å²) in [5.41, 5.74) is 1.03. The molecule has 0 fully saturated rings. The van der Waals surface area contributed by atoms with E-state index < -0.39 is 9.84 Å². The zero-order chi connectivity index (χ0) is 16.3. The van der Waals surface area contributed by atoms with E-state index >= 15 is 0 Å². The van der Waals surface area contributed by atoms with E-state index in [2.05, 4.69) is 15.1 Å². The van der Waals surface area contributed by atoms with Crippen LogP contribution in [-0.2, 0) is 22.8 Å². The van der Waals surface area contributed by atoms with Crippen LogP contribution in [0.25, 0.3) is 0 Å². The highest BCUT2D eigenvalue weighted by Crippen LogP contribution is 2.22. The second kappa shape index (κ2) is 6.58. The standard InChI is InChI=1S/C15H21N3O3S/c1-5-14-16-17-15(21-14)10-18(3)11(2)12-6-8-13(9-7-12)22(4,19)20/h6-9,11H,5,10H2,1-4H3/t11-/m0/s1. The van der Waals surface area contributed by atoms with Crippen LogP contribution in [0.5, 0.6) is 0 Å². The van der Waals surface area contributed by atoms with Crippen molar-refractivity contribution in [2.45, 2.75) is 37.8 Å². The highest BCUT2D eigenvalue weighted by atomic mass is 32.2. The second-order valence-electron chi connectivity index (χ2n) is 5.38. The van der Waals surface area contributed by atoms with Gasteiger partial charge in [-0.15, -0.1) is 10.2 Å². The first-order chi connectivity index (χ1) is 10.3. The van der Waals surface area contributed by atoms with Gasteiger partial charge in [-0.25, -0.2) is 8.42 Å². The molecule has 1 atom stereocenters. The van der Waals surface area contributed by atoms with Crippen LogP contribution in [0.2, 0.25) is 0 Å². The van der Waals surface area contributed by atoms with Crippen molar-refractivity contribution in [3.8, 4) is 0 Å². The van der Waals surface area contributed by atoms with E-state index in [1.165, 1.54) is 6.26 Å². The predicted molar refractivity (Wildman–Crippen MR) is 83.1 cm³/mol. The summed E-state index contributed by atoms with van der Waals surface area (Å²) < 4.78 is 28.5. The summed E-state index contributed by atoms with van der Waals surface area (Å²) in [4.78, 5) is 2.40. The van der Waals surface area contributed by atoms with Crippen LogP contribution in [0, 0.1) is 0 Å². The third kappa shape index (κ3) is 3.92. The molecule has 0 aliphatic carbocycles. The van der Waals surface area contributed by atoms with Crippen molar-refractivity contribution in [2.24, 2.45) is 0 Å². The SMILES string of the molecule is CCc1nnc(CN(C)[C@@H](C)c2ccc(S(C)(=O)=O)cc2)o1. The third-order valence-corrected chi connectivity index (χ3v) is 4.78. The van der Waals surface area contributed by atoms with Crippen molar-refractivity contribution < 1.29 is 12.8 Å². The molecular formula is C15H21N3O3S. The lowest BCUT2D eigenvalue weighted by Crippen LogP contribution is -2.22. The Balaban J connectivity index is 2.08. The molecule has 0 aliphatic rings. The number of aromatic nitrogens is 2. The zero-order valence-corrected chi connectivity index (χ0v) is 14.1. The summed E-state index contributed by atoms with van der Waals surface area (Å²) in [5, 5.41) is 7.96. The first-order valence-corrected chi connectivity index (χ1v) is 9.02. The molecule has 0 aliphatic heterocycles. The van der Waals surface area contributed by atoms with E-state index in [4.69, 9.17) is 4.42 Å². The quantitative estimate of drug-likeness (QED) is 0.811. The van der Waals surface area contributed by atoms with E-state index in [-0.39, 0.29) is 6.04 Å². The molecule has 0 saturated heterocycles. The minimum atomic E-state index is -3.16. The molecule has 22 heavy (non-hydrogen) atoms. The Labute approximate surface area is 131 Å². The molecule has 0 unspecified atom stereocenters. The van der Waals surface area contributed by atoms with Crippen LogP contribution in [0.1, 0.15) is 37.2 Å². The normalized spacial score (nSPS) is 13.5. The van der Waals surface area contributed by atoms with Crippen molar-refractivity contribution in [2.75, 3.05) is 13.3 Å². The van der Waals surface area contributed by atoms with Gasteiger partial charge in [0.2, 0.25) is 11.8 Å². The Hall–Kier alpha value is -1.73. The Morgan fingerprint density at radius 1 is 1.18 bits per heavy atom. The maximum absolute atomic E-state index is 11.5. The Bertz CT molecular complexity index is 723. The van der Waals surface area contributed by atoms with Crippen molar-refractivity contribution in [1.82, 2.24) is 15.1 Å². The number of benzene rings is 1. The van der Waals surface area contributed by atoms with Crippen LogP contribution in [0.15, 0.2) is 33.6 Å². The first-order valence-electron chi connectivity index (χ1n) is 7.12. The molecule has 0 amide bonds. The van der Waals surface area contributed by atoms with Gasteiger partial charge in [-0.1, -0.05) is 19.1 Å². The number of aryl methyl sites for hydroxylation is 1. The predicted octanol–water partition coefficient (Wildman–Crippen LogP) is 2.23. The molecule has 1 aromatic heterocycles. The molecule has 0 spiro atoms. The molecule has 1 heterocycles. The molecule has 6 nitrogen and oxygen atoms in total. The lowest BCUT2D eigenvalue weighted by molar-refractivity contribution is 0.226. The Kier molecular flexibility index (Phi) is 4.97. The molecule has 7 heteroatoms. The lowest BCUT2D eigenvalue weighted by Gasteiger charge is -2.23. The van der Waals surface area contributed by atoms with E-state index in [9.17, 15) is 8.42 Å². The van der Waals surface area contributed by atoms with Gasteiger partial charge in [-0.05, 0) is 31.7 Å². The molecule has 0 bridgehead atoms. The fourth-order valence-electron chi connectivity index (χ4n) is 2.09. The second-order valence-corrected chi connectivity index (χ2v) is 7.39. The van der Waals surface area contributed by atoms with Crippen LogP contribution in [0.3, 0.4) is 0 Å². The summed E-state index contributed by atoms with van der Waals surface area (Å²) in [6.07, 6.45) is 1.93. The summed E-state index contributed by atoms with van der Waals surface area (Å²) in [6, 6.07) is 7.05. The highest BCUT2D eigenvalue weighted by molar-refractivity contribution is 7.90. The van der Waals surface area contributed by atoms with Gasteiger partial charge in [0.25, 0.3) is 0 Å². The van der Waals surface area contributed by atoms with Crippen molar-refractivity contribution >= 4 is 9.84 Å². The molecule has 2 aromatic rings. The summed E-state index contributed by atoms with van der Waals surface area (Å²) in [5.74, 6) is 1.22. The van der Waals surface area contributed by atoms with E-state index in [1.54, 1.807) is 12.1 Å². The summed E-state index contributed by atoms with van der Waals surface area (Å²) in [6.45, 7) is 4.56. The molecule has 0 saturated carbocycles. The Morgan fingerprint density at radius 3 is 2.27 bits per heavy atom. The fourth-order valence-corrected chi connectivity index (χ4v) is 2.72. The van der Waals surface area contributed by atoms with Crippen LogP contribution in [0.4, 0.5) is 0 Å². The smallest absolute Gasteiger partial charge is 0.230 e. The van der Waals surface area contributed by atoms with Gasteiger partial charge in [0.1, 0.15) is 0 Å². The van der Waals surface area contributed by atoms with Crippen molar-refractivity contribution in [3.05, 3.63) is 41.6 Å². The van der Waals surface area contributed by atoms with Crippen molar-refractivity contribution in [1.29, 1.82) is 0 Å². The first kappa shape index (κ1) is 16.6. The van der Waals surface area contributed by atoms with Crippen LogP contribution in [-0.4, -0.2) is 36.8 Å². The van der Waals surface area contributed by atoms with E-state index in [1.807, 2.05) is 33.0 Å². The van der Waals surface area contributed by atoms with Gasteiger partial charge in [0, 0.05) is 18.7 Å². The van der Waals surface area contributed by atoms with Crippen molar-refractivity contribution in [3.63, 3.8) is 0 Å². The average molecular weight is 323 g/mol. The lowest BCUT2D eigenvalue weighted by atomic mass is 10.1. The Morgan fingerprint density at radius 2 is 1.77 bits per heavy atom. The van der Waals surface area contributed by atoms with Crippen LogP contribution < -0.4 is 0 Å². The average Bonchev–Trinajstić information content (AvgIpc) is 2.93. The number of rotatable bonds is 6. The largest absolute Gasteiger partial charge is 0.424 e. The molecule has 0 radical (unpaired) electrons. The maximum Gasteiger partial charge on any atom is 0.230 e. The third-order valence-electron chi connectivity index (χ3n) is 3.65. The summed E-state index contributed by atoms with van der Waals surface area (Å²) >= 11 is 0. The molecule has 2 rings (SSSR count). The zero-order valence-electron chi connectivity index (χ0n) is 13.3. The molecular weight excluding hydrogens is 302 g/mol. The summed E-state index contributed by atoms with van der Waals surface area (Å²) in [7, 11) is -1.20. The number of hydrogen-bond donors (Lipinski definition) is 0. The number of nitrogens with zero attached hydrogens (tertiary/aromatic N) is 3. The number of hydrogen-bond acceptors (Lipinski definition) is 6. The minimum Gasteiger partial charge on any atom is -0.424 e. The maximum atomic E-state index is 11.5. The van der Waals surface area contributed by atoms with Gasteiger partial charge in [-0.3, -0.25) is 4.90 Å². The van der Waals surface area contributed by atoms with Gasteiger partial charge in [0.05, 0.1) is 11.4 Å². The molecule has 1 aromatic carbocycles. The van der Waals surface area contributed by atoms with Gasteiger partial charge in [-0.2, -0.15) is 0 Å².